The van der Waals surface area contributed by atoms with Crippen LogP contribution in [-0.2, 0) is 0 Å². The molecule has 1 aromatic rings. The van der Waals surface area contributed by atoms with Crippen molar-refractivity contribution in [2.45, 2.75) is 26.9 Å². The Morgan fingerprint density at radius 2 is 1.81 bits per heavy atom. The number of Topliss-reactive ketones (excluding diaryl/α,β-unsaturated/α-hetero) is 1. The molecule has 1 aromatic heterocycles. The molecular weight excluding hydrogens is 226 g/mol. The van der Waals surface area contributed by atoms with Gasteiger partial charge in [-0.3, -0.25) is 4.79 Å². The molecule has 0 aliphatic rings. The molecule has 6 heteroatoms. The molecule has 0 aliphatic heterocycles. The molecule has 2 nitrogen and oxygen atoms in total. The van der Waals surface area contributed by atoms with Gasteiger partial charge in [0.1, 0.15) is 0 Å². The van der Waals surface area contributed by atoms with E-state index in [2.05, 4.69) is 4.98 Å². The van der Waals surface area contributed by atoms with Crippen LogP contribution in [0.3, 0.4) is 0 Å². The Kier molecular flexibility index (Phi) is 5.07. The molecule has 0 aliphatic carbocycles. The lowest BCUT2D eigenvalue weighted by Gasteiger charge is -2.07. The van der Waals surface area contributed by atoms with Gasteiger partial charge in [0.05, 0.1) is 5.56 Å². The largest absolute Gasteiger partial charge is 0.455 e. The van der Waals surface area contributed by atoms with Crippen LogP contribution in [0.4, 0.5) is 17.6 Å². The van der Waals surface area contributed by atoms with E-state index in [0.717, 1.165) is 12.3 Å². The van der Waals surface area contributed by atoms with Crippen LogP contribution in [-0.4, -0.2) is 16.9 Å². The zero-order chi connectivity index (χ0) is 12.9. The first kappa shape index (κ1) is 14.5. The number of ketones is 1. The Bertz CT molecular complexity index is 353. The highest BCUT2D eigenvalue weighted by atomic mass is 19.4. The fraction of sp³-hybridized carbons (Fsp3) is 0.400. The molecule has 0 N–H and O–H groups in total. The number of aromatic nitrogens is 1. The van der Waals surface area contributed by atoms with Crippen LogP contribution < -0.4 is 0 Å². The SMILES string of the molecule is CC.Cc1ccnc(F)c1C(=O)C(F)(F)F. The van der Waals surface area contributed by atoms with E-state index < -0.39 is 23.5 Å². The summed E-state index contributed by atoms with van der Waals surface area (Å²) in [5, 5.41) is 0. The molecule has 0 bridgehead atoms. The Morgan fingerprint density at radius 1 is 1.31 bits per heavy atom. The van der Waals surface area contributed by atoms with Crippen molar-refractivity contribution >= 4 is 5.78 Å². The van der Waals surface area contributed by atoms with E-state index in [1.165, 1.54) is 6.92 Å². The van der Waals surface area contributed by atoms with Gasteiger partial charge in [-0.1, -0.05) is 13.8 Å². The Labute approximate surface area is 90.3 Å². The highest BCUT2D eigenvalue weighted by Gasteiger charge is 2.41. The van der Waals surface area contributed by atoms with Gasteiger partial charge in [-0.25, -0.2) is 4.98 Å². The van der Waals surface area contributed by atoms with Crippen LogP contribution in [0.5, 0.6) is 0 Å². The third-order valence-electron chi connectivity index (χ3n) is 1.60. The third kappa shape index (κ3) is 3.29. The zero-order valence-electron chi connectivity index (χ0n) is 9.02. The number of alkyl halides is 3. The van der Waals surface area contributed by atoms with Crippen molar-refractivity contribution in [2.24, 2.45) is 0 Å². The van der Waals surface area contributed by atoms with Gasteiger partial charge in [0.25, 0.3) is 5.78 Å². The summed E-state index contributed by atoms with van der Waals surface area (Å²) in [5.74, 6) is -3.60. The lowest BCUT2D eigenvalue weighted by atomic mass is 10.1. The van der Waals surface area contributed by atoms with Gasteiger partial charge in [-0.2, -0.15) is 17.6 Å². The molecule has 0 saturated heterocycles. The Balaban J connectivity index is 0.00000106. The zero-order valence-corrected chi connectivity index (χ0v) is 9.02. The molecule has 90 valence electrons. The van der Waals surface area contributed by atoms with Gasteiger partial charge in [0.2, 0.25) is 5.95 Å². The molecule has 0 fully saturated rings. The smallest absolute Gasteiger partial charge is 0.284 e. The van der Waals surface area contributed by atoms with Gasteiger partial charge >= 0.3 is 6.18 Å². The molecule has 0 amide bonds. The standard InChI is InChI=1S/C8H5F4NO.C2H6/c1-4-2-3-13-7(9)5(4)6(14)8(10,11)12;1-2/h2-3H,1H3;1-2H3. The van der Waals surface area contributed by atoms with Gasteiger partial charge in [0, 0.05) is 6.20 Å². The predicted molar refractivity (Wildman–Crippen MR) is 50.7 cm³/mol. The van der Waals surface area contributed by atoms with Gasteiger partial charge in [-0.15, -0.1) is 0 Å². The number of nitrogens with zero attached hydrogens (tertiary/aromatic N) is 1. The van der Waals surface area contributed by atoms with Crippen molar-refractivity contribution in [3.63, 3.8) is 0 Å². The van der Waals surface area contributed by atoms with Crippen LogP contribution >= 0.6 is 0 Å². The topological polar surface area (TPSA) is 30.0 Å². The second-order valence-electron chi connectivity index (χ2n) is 2.62. The van der Waals surface area contributed by atoms with E-state index in [0.29, 0.717) is 0 Å². The van der Waals surface area contributed by atoms with Crippen molar-refractivity contribution in [3.8, 4) is 0 Å². The van der Waals surface area contributed by atoms with Crippen LogP contribution in [0.1, 0.15) is 29.8 Å². The van der Waals surface area contributed by atoms with Crippen molar-refractivity contribution in [2.75, 3.05) is 0 Å². The normalized spacial score (nSPS) is 10.4. The molecular formula is C10H11F4NO. The van der Waals surface area contributed by atoms with Crippen LogP contribution in [0.15, 0.2) is 12.3 Å². The van der Waals surface area contributed by atoms with Crippen LogP contribution in [0, 0.1) is 12.9 Å². The molecule has 0 radical (unpaired) electrons. The first-order valence-electron chi connectivity index (χ1n) is 4.56. The quantitative estimate of drug-likeness (QED) is 0.426. The van der Waals surface area contributed by atoms with Crippen LogP contribution in [0.2, 0.25) is 0 Å². The van der Waals surface area contributed by atoms with Crippen molar-refractivity contribution < 1.29 is 22.4 Å². The minimum Gasteiger partial charge on any atom is -0.284 e. The molecule has 16 heavy (non-hydrogen) atoms. The minimum atomic E-state index is -5.07. The lowest BCUT2D eigenvalue weighted by Crippen LogP contribution is -2.25. The fourth-order valence-electron chi connectivity index (χ4n) is 0.940. The second-order valence-corrected chi connectivity index (χ2v) is 2.62. The van der Waals surface area contributed by atoms with E-state index in [-0.39, 0.29) is 5.56 Å². The lowest BCUT2D eigenvalue weighted by molar-refractivity contribution is -0.0888. The number of hydrogen-bond acceptors (Lipinski definition) is 2. The number of rotatable bonds is 1. The summed E-state index contributed by atoms with van der Waals surface area (Å²) in [5.41, 5.74) is -1.10. The number of aryl methyl sites for hydroxylation is 1. The number of carbonyl (C=O) groups is 1. The molecule has 0 saturated carbocycles. The Hall–Kier alpha value is -1.46. The van der Waals surface area contributed by atoms with Crippen LogP contribution in [0.25, 0.3) is 0 Å². The van der Waals surface area contributed by atoms with Crippen molar-refractivity contribution in [1.82, 2.24) is 4.98 Å². The van der Waals surface area contributed by atoms with E-state index >= 15 is 0 Å². The van der Waals surface area contributed by atoms with Crippen molar-refractivity contribution in [1.29, 1.82) is 0 Å². The molecule has 0 unspecified atom stereocenters. The molecule has 0 aromatic carbocycles. The first-order valence-corrected chi connectivity index (χ1v) is 4.56. The highest BCUT2D eigenvalue weighted by molar-refractivity contribution is 6.01. The number of halogens is 4. The average Bonchev–Trinajstić information content (AvgIpc) is 2.19. The van der Waals surface area contributed by atoms with Gasteiger partial charge in [0.15, 0.2) is 0 Å². The van der Waals surface area contributed by atoms with Crippen molar-refractivity contribution in [3.05, 3.63) is 29.3 Å². The summed E-state index contributed by atoms with van der Waals surface area (Å²) in [6.07, 6.45) is -4.08. The summed E-state index contributed by atoms with van der Waals surface area (Å²) >= 11 is 0. The number of carbonyl (C=O) groups excluding carboxylic acids is 1. The first-order chi connectivity index (χ1) is 7.34. The average molecular weight is 237 g/mol. The summed E-state index contributed by atoms with van der Waals surface area (Å²) < 4.78 is 48.7. The maximum atomic E-state index is 12.8. The molecule has 1 rings (SSSR count). The maximum Gasteiger partial charge on any atom is 0.455 e. The summed E-state index contributed by atoms with van der Waals surface area (Å²) in [6.45, 7) is 5.21. The third-order valence-corrected chi connectivity index (χ3v) is 1.60. The maximum absolute atomic E-state index is 12.8. The highest BCUT2D eigenvalue weighted by Crippen LogP contribution is 2.24. The van der Waals surface area contributed by atoms with E-state index in [1.807, 2.05) is 13.8 Å². The van der Waals surface area contributed by atoms with E-state index in [9.17, 15) is 22.4 Å². The summed E-state index contributed by atoms with van der Waals surface area (Å²) in [6, 6.07) is 1.14. The van der Waals surface area contributed by atoms with Gasteiger partial charge in [-0.05, 0) is 18.6 Å². The number of hydrogen-bond donors (Lipinski definition) is 0. The molecule has 0 spiro atoms. The monoisotopic (exact) mass is 237 g/mol. The predicted octanol–water partition coefficient (Wildman–Crippen LogP) is 3.30. The van der Waals surface area contributed by atoms with Gasteiger partial charge < -0.3 is 0 Å². The molecule has 1 heterocycles. The second kappa shape index (κ2) is 5.58. The van der Waals surface area contributed by atoms with E-state index in [4.69, 9.17) is 0 Å². The number of pyridine rings is 1. The summed E-state index contributed by atoms with van der Waals surface area (Å²) in [7, 11) is 0. The van der Waals surface area contributed by atoms with E-state index in [1.54, 1.807) is 0 Å². The Morgan fingerprint density at radius 3 is 2.19 bits per heavy atom. The summed E-state index contributed by atoms with van der Waals surface area (Å²) in [4.78, 5) is 13.7. The molecule has 0 atom stereocenters. The minimum absolute atomic E-state index is 0.0835. The fourth-order valence-corrected chi connectivity index (χ4v) is 0.940.